The molecule has 0 amide bonds. The second-order valence-electron chi connectivity index (χ2n) is 9.64. The predicted octanol–water partition coefficient (Wildman–Crippen LogP) is 6.02. The van der Waals surface area contributed by atoms with Crippen molar-refractivity contribution in [1.29, 1.82) is 0 Å². The van der Waals surface area contributed by atoms with Crippen LogP contribution in [0.5, 0.6) is 11.8 Å². The highest BCUT2D eigenvalue weighted by atomic mass is 19.1. The van der Waals surface area contributed by atoms with E-state index in [2.05, 4.69) is 11.9 Å². The van der Waals surface area contributed by atoms with Gasteiger partial charge in [-0.25, -0.2) is 8.78 Å². The lowest BCUT2D eigenvalue weighted by atomic mass is 9.82. The van der Waals surface area contributed by atoms with Crippen LogP contribution in [-0.4, -0.2) is 44.4 Å². The van der Waals surface area contributed by atoms with Crippen LogP contribution < -0.4 is 14.4 Å². The van der Waals surface area contributed by atoms with Crippen molar-refractivity contribution < 1.29 is 27.8 Å². The maximum absolute atomic E-state index is 15.4. The van der Waals surface area contributed by atoms with Crippen molar-refractivity contribution in [1.82, 2.24) is 4.98 Å². The lowest BCUT2D eigenvalue weighted by Crippen LogP contribution is -2.30. The number of nitrogens with zero attached hydrogens (tertiary/aromatic N) is 2. The molecule has 8 heteroatoms. The number of unbranched alkanes of at least 4 members (excludes halogenated alkanes) is 2. The van der Waals surface area contributed by atoms with Gasteiger partial charge in [0.2, 0.25) is 11.8 Å². The smallest absolute Gasteiger partial charge is 0.311 e. The van der Waals surface area contributed by atoms with Crippen LogP contribution in [0.2, 0.25) is 0 Å². The predicted molar refractivity (Wildman–Crippen MR) is 132 cm³/mol. The van der Waals surface area contributed by atoms with Crippen LogP contribution in [0.25, 0.3) is 11.1 Å². The number of esters is 1. The topological polar surface area (TPSA) is 60.9 Å². The third-order valence-electron chi connectivity index (χ3n) is 6.41. The number of halogens is 2. The summed E-state index contributed by atoms with van der Waals surface area (Å²) in [6, 6.07) is 5.79. The lowest BCUT2D eigenvalue weighted by Gasteiger charge is -2.23. The molecule has 192 valence electrons. The second kappa shape index (κ2) is 11.7. The van der Waals surface area contributed by atoms with Crippen molar-refractivity contribution in [3.05, 3.63) is 35.9 Å². The number of benzene rings is 1. The number of rotatable bonds is 11. The summed E-state index contributed by atoms with van der Waals surface area (Å²) in [4.78, 5) is 18.4. The molecule has 0 radical (unpaired) electrons. The number of carbonyl (C=O) groups excluding carboxylic acids is 1. The summed E-state index contributed by atoms with van der Waals surface area (Å²) in [6.45, 7) is 9.69. The molecule has 0 saturated carbocycles. The van der Waals surface area contributed by atoms with E-state index in [-0.39, 0.29) is 28.9 Å². The fourth-order valence-electron chi connectivity index (χ4n) is 4.30. The lowest BCUT2D eigenvalue weighted by molar-refractivity contribution is -0.147. The zero-order valence-corrected chi connectivity index (χ0v) is 21.3. The molecule has 3 rings (SSSR count). The summed E-state index contributed by atoms with van der Waals surface area (Å²) in [7, 11) is 1.35. The minimum Gasteiger partial charge on any atom is -0.478 e. The van der Waals surface area contributed by atoms with Crippen molar-refractivity contribution in [3.63, 3.8) is 0 Å². The molecule has 1 atom stereocenters. The molecular formula is C27H36F2N2O4. The van der Waals surface area contributed by atoms with Crippen molar-refractivity contribution in [2.75, 3.05) is 38.3 Å². The van der Waals surface area contributed by atoms with Crippen molar-refractivity contribution in [2.45, 2.75) is 53.4 Å². The Kier molecular flexibility index (Phi) is 8.92. The largest absolute Gasteiger partial charge is 0.478 e. The fourth-order valence-corrected chi connectivity index (χ4v) is 4.30. The van der Waals surface area contributed by atoms with Gasteiger partial charge in [0, 0.05) is 24.8 Å². The van der Waals surface area contributed by atoms with Crippen LogP contribution in [-0.2, 0) is 9.53 Å². The van der Waals surface area contributed by atoms with E-state index in [0.29, 0.717) is 37.9 Å². The van der Waals surface area contributed by atoms with Crippen LogP contribution >= 0.6 is 0 Å². The summed E-state index contributed by atoms with van der Waals surface area (Å²) in [6.07, 6.45) is 3.57. The number of carbonyl (C=O) groups is 1. The van der Waals surface area contributed by atoms with Gasteiger partial charge < -0.3 is 19.1 Å². The maximum Gasteiger partial charge on any atom is 0.311 e. The van der Waals surface area contributed by atoms with Crippen molar-refractivity contribution >= 4 is 11.7 Å². The Labute approximate surface area is 206 Å². The van der Waals surface area contributed by atoms with Gasteiger partial charge in [-0.05, 0) is 36.5 Å². The molecule has 0 unspecified atom stereocenters. The van der Waals surface area contributed by atoms with Gasteiger partial charge >= 0.3 is 5.97 Å². The Balaban J connectivity index is 1.93. The Morgan fingerprint density at radius 3 is 2.31 bits per heavy atom. The highest BCUT2D eigenvalue weighted by Gasteiger charge is 2.44. The van der Waals surface area contributed by atoms with E-state index in [1.807, 2.05) is 25.7 Å². The molecule has 2 heterocycles. The van der Waals surface area contributed by atoms with Crippen LogP contribution in [0.4, 0.5) is 14.5 Å². The monoisotopic (exact) mass is 490 g/mol. The summed E-state index contributed by atoms with van der Waals surface area (Å²) >= 11 is 0. The standard InChI is InChI=1S/C27H36F2N2O4/c1-6-8-12-34-23-11-10-19(25(30-23)35-13-9-7-2)24-21(28)14-18(15-22(24)29)31-16-20(26(32)33-5)27(3,4)17-31/h10-11,14-15,20H,6-9,12-13,16-17H2,1-5H3/t20-/m1/s1. The fraction of sp³-hybridized carbons (Fsp3) is 0.556. The first-order chi connectivity index (χ1) is 16.7. The Morgan fingerprint density at radius 1 is 1.09 bits per heavy atom. The summed E-state index contributed by atoms with van der Waals surface area (Å²) in [5.74, 6) is -1.65. The van der Waals surface area contributed by atoms with Gasteiger partial charge in [-0.3, -0.25) is 4.79 Å². The minimum absolute atomic E-state index is 0.144. The Bertz CT molecular complexity index is 1010. The molecule has 1 aromatic heterocycles. The van der Waals surface area contributed by atoms with E-state index in [4.69, 9.17) is 14.2 Å². The van der Waals surface area contributed by atoms with Gasteiger partial charge in [0.1, 0.15) is 11.6 Å². The van der Waals surface area contributed by atoms with Crippen LogP contribution in [0.3, 0.4) is 0 Å². The molecule has 0 aliphatic carbocycles. The SMILES string of the molecule is CCCCOc1ccc(-c2c(F)cc(N3C[C@H](C(=O)OC)C(C)(C)C3)cc2F)c(OCCCC)n1. The molecule has 2 aromatic rings. The number of anilines is 1. The van der Waals surface area contributed by atoms with Gasteiger partial charge in [-0.1, -0.05) is 40.5 Å². The van der Waals surface area contributed by atoms with E-state index in [9.17, 15) is 4.79 Å². The average Bonchev–Trinajstić information content (AvgIpc) is 3.14. The first-order valence-corrected chi connectivity index (χ1v) is 12.3. The summed E-state index contributed by atoms with van der Waals surface area (Å²) < 4.78 is 47.2. The van der Waals surface area contributed by atoms with Gasteiger partial charge in [0.05, 0.1) is 37.4 Å². The van der Waals surface area contributed by atoms with Gasteiger partial charge in [0.25, 0.3) is 0 Å². The molecule has 0 bridgehead atoms. The minimum atomic E-state index is -0.721. The third-order valence-corrected chi connectivity index (χ3v) is 6.41. The molecule has 1 aliphatic heterocycles. The molecule has 35 heavy (non-hydrogen) atoms. The number of pyridine rings is 1. The zero-order valence-electron chi connectivity index (χ0n) is 21.3. The van der Waals surface area contributed by atoms with Crippen LogP contribution in [0.15, 0.2) is 24.3 Å². The Hall–Kier alpha value is -2.90. The number of methoxy groups -OCH3 is 1. The maximum atomic E-state index is 15.4. The molecule has 6 nitrogen and oxygen atoms in total. The number of hydrogen-bond donors (Lipinski definition) is 0. The Morgan fingerprint density at radius 2 is 1.71 bits per heavy atom. The molecule has 0 spiro atoms. The van der Waals surface area contributed by atoms with Crippen molar-refractivity contribution in [2.24, 2.45) is 11.3 Å². The third kappa shape index (κ3) is 6.21. The molecule has 1 fully saturated rings. The van der Waals surface area contributed by atoms with E-state index in [1.54, 1.807) is 12.1 Å². The quantitative estimate of drug-likeness (QED) is 0.284. The molecular weight excluding hydrogens is 454 g/mol. The molecule has 0 N–H and O–H groups in total. The number of ether oxygens (including phenoxy) is 3. The van der Waals surface area contributed by atoms with Gasteiger partial charge in [0.15, 0.2) is 0 Å². The summed E-state index contributed by atoms with van der Waals surface area (Å²) in [5.41, 5.74) is 0.0240. The zero-order chi connectivity index (χ0) is 25.6. The van der Waals surface area contributed by atoms with E-state index in [0.717, 1.165) is 25.7 Å². The first-order valence-electron chi connectivity index (χ1n) is 12.3. The van der Waals surface area contributed by atoms with Crippen molar-refractivity contribution in [3.8, 4) is 22.9 Å². The average molecular weight is 491 g/mol. The number of aromatic nitrogens is 1. The molecule has 1 saturated heterocycles. The van der Waals surface area contributed by atoms with Crippen LogP contribution in [0.1, 0.15) is 53.4 Å². The normalized spacial score (nSPS) is 16.9. The van der Waals surface area contributed by atoms with Gasteiger partial charge in [-0.2, -0.15) is 4.98 Å². The highest BCUT2D eigenvalue weighted by Crippen LogP contribution is 2.41. The van der Waals surface area contributed by atoms with Crippen LogP contribution in [0, 0.1) is 23.0 Å². The number of hydrogen-bond acceptors (Lipinski definition) is 6. The van der Waals surface area contributed by atoms with E-state index >= 15 is 8.78 Å². The summed E-state index contributed by atoms with van der Waals surface area (Å²) in [5, 5.41) is 0. The first kappa shape index (κ1) is 26.7. The highest BCUT2D eigenvalue weighted by molar-refractivity contribution is 5.76. The van der Waals surface area contributed by atoms with Gasteiger partial charge in [-0.15, -0.1) is 0 Å². The van der Waals surface area contributed by atoms with E-state index < -0.39 is 17.0 Å². The second-order valence-corrected chi connectivity index (χ2v) is 9.64. The molecule has 1 aliphatic rings. The molecule has 1 aromatic carbocycles. The van der Waals surface area contributed by atoms with E-state index in [1.165, 1.54) is 19.2 Å².